The van der Waals surface area contributed by atoms with Crippen molar-refractivity contribution in [3.63, 3.8) is 0 Å². The molecule has 2 rings (SSSR count). The summed E-state index contributed by atoms with van der Waals surface area (Å²) in [6.45, 7) is 6.51. The van der Waals surface area contributed by atoms with E-state index >= 15 is 0 Å². The molecule has 1 aliphatic carbocycles. The summed E-state index contributed by atoms with van der Waals surface area (Å²) in [5, 5.41) is 3.42. The van der Waals surface area contributed by atoms with Crippen molar-refractivity contribution >= 4 is 0 Å². The molecule has 16 heavy (non-hydrogen) atoms. The number of ether oxygens (including phenoxy) is 1. The normalized spacial score (nSPS) is 23.2. The van der Waals surface area contributed by atoms with Gasteiger partial charge in [0.05, 0.1) is 7.11 Å². The van der Waals surface area contributed by atoms with Crippen molar-refractivity contribution in [3.8, 4) is 5.75 Å². The zero-order valence-electron chi connectivity index (χ0n) is 10.4. The maximum Gasteiger partial charge on any atom is 0.121 e. The molecule has 1 aliphatic rings. The van der Waals surface area contributed by atoms with E-state index in [0.717, 1.165) is 30.7 Å². The van der Waals surface area contributed by atoms with Crippen LogP contribution in [0.2, 0.25) is 0 Å². The highest BCUT2D eigenvalue weighted by Gasteiger charge is 2.37. The Morgan fingerprint density at radius 3 is 2.88 bits per heavy atom. The number of nitrogens with one attached hydrogen (secondary N) is 1. The average Bonchev–Trinajstić information content (AvgIpc) is 3.05. The minimum atomic E-state index is 0.767. The van der Waals surface area contributed by atoms with Crippen LogP contribution in [0.3, 0.4) is 0 Å². The molecule has 2 unspecified atom stereocenters. The smallest absolute Gasteiger partial charge is 0.121 e. The molecule has 0 aliphatic heterocycles. The second kappa shape index (κ2) is 4.88. The maximum atomic E-state index is 5.28. The molecule has 1 aromatic rings. The largest absolute Gasteiger partial charge is 0.496 e. The Bertz CT molecular complexity index is 362. The van der Waals surface area contributed by atoms with Crippen LogP contribution in [-0.2, 0) is 0 Å². The Morgan fingerprint density at radius 2 is 2.25 bits per heavy atom. The van der Waals surface area contributed by atoms with E-state index in [1.165, 1.54) is 17.5 Å². The van der Waals surface area contributed by atoms with Crippen molar-refractivity contribution < 1.29 is 4.74 Å². The molecule has 0 bridgehead atoms. The van der Waals surface area contributed by atoms with Crippen LogP contribution in [0.25, 0.3) is 0 Å². The van der Waals surface area contributed by atoms with E-state index in [4.69, 9.17) is 4.74 Å². The summed E-state index contributed by atoms with van der Waals surface area (Å²) in [5.74, 6) is 2.60. The SMILES string of the molecule is CCNCC1CC1c1ccc(OC)c(C)c1. The lowest BCUT2D eigenvalue weighted by atomic mass is 10.1. The molecule has 1 saturated carbocycles. The molecule has 0 spiro atoms. The standard InChI is InChI=1S/C14H21NO/c1-4-15-9-12-8-13(12)11-5-6-14(16-3)10(2)7-11/h5-7,12-13,15H,4,8-9H2,1-3H3. The Morgan fingerprint density at radius 1 is 1.44 bits per heavy atom. The molecule has 1 N–H and O–H groups in total. The van der Waals surface area contributed by atoms with Crippen molar-refractivity contribution in [1.29, 1.82) is 0 Å². The number of aryl methyl sites for hydroxylation is 1. The molecule has 88 valence electrons. The van der Waals surface area contributed by atoms with Gasteiger partial charge in [0.15, 0.2) is 0 Å². The monoisotopic (exact) mass is 219 g/mol. The molecule has 2 atom stereocenters. The predicted octanol–water partition coefficient (Wildman–Crippen LogP) is 2.72. The van der Waals surface area contributed by atoms with Gasteiger partial charge < -0.3 is 10.1 Å². The Hall–Kier alpha value is -1.02. The van der Waals surface area contributed by atoms with Gasteiger partial charge in [-0.1, -0.05) is 19.1 Å². The summed E-state index contributed by atoms with van der Waals surface area (Å²) in [7, 11) is 1.73. The molecule has 2 heteroatoms. The molecule has 0 heterocycles. The lowest BCUT2D eigenvalue weighted by molar-refractivity contribution is 0.411. The molecular weight excluding hydrogens is 198 g/mol. The topological polar surface area (TPSA) is 21.3 Å². The van der Waals surface area contributed by atoms with Crippen molar-refractivity contribution in [2.75, 3.05) is 20.2 Å². The van der Waals surface area contributed by atoms with Crippen molar-refractivity contribution in [1.82, 2.24) is 5.32 Å². The minimum absolute atomic E-state index is 0.767. The fraction of sp³-hybridized carbons (Fsp3) is 0.571. The lowest BCUT2D eigenvalue weighted by Crippen LogP contribution is -2.16. The summed E-state index contributed by atoms with van der Waals surface area (Å²) in [6, 6.07) is 6.57. The second-order valence-electron chi connectivity index (χ2n) is 4.64. The zero-order valence-corrected chi connectivity index (χ0v) is 10.4. The third-order valence-corrected chi connectivity index (χ3v) is 3.43. The summed E-state index contributed by atoms with van der Waals surface area (Å²) in [5.41, 5.74) is 2.72. The van der Waals surface area contributed by atoms with Gasteiger partial charge in [-0.05, 0) is 55.5 Å². The molecular formula is C14H21NO. The van der Waals surface area contributed by atoms with E-state index in [1.54, 1.807) is 7.11 Å². The molecule has 1 aromatic carbocycles. The van der Waals surface area contributed by atoms with Crippen molar-refractivity contribution in [2.45, 2.75) is 26.2 Å². The third-order valence-electron chi connectivity index (χ3n) is 3.43. The van der Waals surface area contributed by atoms with E-state index in [2.05, 4.69) is 37.4 Å². The van der Waals surface area contributed by atoms with Gasteiger partial charge in [0.25, 0.3) is 0 Å². The minimum Gasteiger partial charge on any atom is -0.496 e. The van der Waals surface area contributed by atoms with Crippen LogP contribution in [0, 0.1) is 12.8 Å². The van der Waals surface area contributed by atoms with Crippen LogP contribution >= 0.6 is 0 Å². The quantitative estimate of drug-likeness (QED) is 0.822. The van der Waals surface area contributed by atoms with Crippen LogP contribution in [0.5, 0.6) is 5.75 Å². The molecule has 0 radical (unpaired) electrons. The number of rotatable bonds is 5. The first-order chi connectivity index (χ1) is 7.76. The van der Waals surface area contributed by atoms with E-state index in [0.29, 0.717) is 0 Å². The highest BCUT2D eigenvalue weighted by Crippen LogP contribution is 2.47. The van der Waals surface area contributed by atoms with Gasteiger partial charge in [0.2, 0.25) is 0 Å². The highest BCUT2D eigenvalue weighted by molar-refractivity contribution is 5.39. The number of benzene rings is 1. The van der Waals surface area contributed by atoms with E-state index < -0.39 is 0 Å². The second-order valence-corrected chi connectivity index (χ2v) is 4.64. The Kier molecular flexibility index (Phi) is 3.49. The van der Waals surface area contributed by atoms with Crippen LogP contribution in [0.1, 0.15) is 30.4 Å². The van der Waals surface area contributed by atoms with Crippen LogP contribution in [0.15, 0.2) is 18.2 Å². The predicted molar refractivity (Wildman–Crippen MR) is 67.1 cm³/mol. The van der Waals surface area contributed by atoms with Crippen LogP contribution in [-0.4, -0.2) is 20.2 Å². The van der Waals surface area contributed by atoms with Gasteiger partial charge in [-0.25, -0.2) is 0 Å². The van der Waals surface area contributed by atoms with E-state index in [1.807, 2.05) is 0 Å². The van der Waals surface area contributed by atoms with Gasteiger partial charge in [0, 0.05) is 0 Å². The zero-order chi connectivity index (χ0) is 11.5. The van der Waals surface area contributed by atoms with Gasteiger partial charge >= 0.3 is 0 Å². The average molecular weight is 219 g/mol. The first-order valence-corrected chi connectivity index (χ1v) is 6.11. The Labute approximate surface area is 98.0 Å². The third kappa shape index (κ3) is 2.38. The molecule has 0 aromatic heterocycles. The molecule has 0 amide bonds. The fourth-order valence-electron chi connectivity index (χ4n) is 2.34. The molecule has 1 fully saturated rings. The first-order valence-electron chi connectivity index (χ1n) is 6.11. The fourth-order valence-corrected chi connectivity index (χ4v) is 2.34. The first kappa shape index (κ1) is 11.5. The van der Waals surface area contributed by atoms with Crippen molar-refractivity contribution in [3.05, 3.63) is 29.3 Å². The van der Waals surface area contributed by atoms with E-state index in [9.17, 15) is 0 Å². The van der Waals surface area contributed by atoms with Gasteiger partial charge in [-0.3, -0.25) is 0 Å². The molecule has 2 nitrogen and oxygen atoms in total. The van der Waals surface area contributed by atoms with Crippen LogP contribution < -0.4 is 10.1 Å². The Balaban J connectivity index is 1.99. The summed E-state index contributed by atoms with van der Waals surface area (Å²) in [4.78, 5) is 0. The van der Waals surface area contributed by atoms with Crippen molar-refractivity contribution in [2.24, 2.45) is 5.92 Å². The summed E-state index contributed by atoms with van der Waals surface area (Å²) < 4.78 is 5.28. The van der Waals surface area contributed by atoms with Crippen LogP contribution in [0.4, 0.5) is 0 Å². The van der Waals surface area contributed by atoms with Gasteiger partial charge in [0.1, 0.15) is 5.75 Å². The number of hydrogen-bond donors (Lipinski definition) is 1. The van der Waals surface area contributed by atoms with Gasteiger partial charge in [-0.15, -0.1) is 0 Å². The lowest BCUT2D eigenvalue weighted by Gasteiger charge is -2.07. The summed E-state index contributed by atoms with van der Waals surface area (Å²) in [6.07, 6.45) is 1.33. The number of hydrogen-bond acceptors (Lipinski definition) is 2. The number of methoxy groups -OCH3 is 1. The highest BCUT2D eigenvalue weighted by atomic mass is 16.5. The summed E-state index contributed by atoms with van der Waals surface area (Å²) >= 11 is 0. The molecule has 0 saturated heterocycles. The van der Waals surface area contributed by atoms with E-state index in [-0.39, 0.29) is 0 Å². The van der Waals surface area contributed by atoms with Gasteiger partial charge in [-0.2, -0.15) is 0 Å². The maximum absolute atomic E-state index is 5.28.